The third-order valence-electron chi connectivity index (χ3n) is 2.38. The fraction of sp³-hybridized carbons (Fsp3) is 0.800. The standard InChI is InChI=1S/C15H26O4/c1-5-8-9-10-14(19-13(4)16)11-12-15(17-6-2)18-7-3/h14-15H,5-10H2,1-4H3/t14-/m0/s1. The maximum atomic E-state index is 11.0. The van der Waals surface area contributed by atoms with Gasteiger partial charge in [-0.3, -0.25) is 4.79 Å². The fourth-order valence-corrected chi connectivity index (χ4v) is 1.54. The minimum Gasteiger partial charge on any atom is -0.449 e. The molecule has 4 nitrogen and oxygen atoms in total. The van der Waals surface area contributed by atoms with E-state index in [-0.39, 0.29) is 12.1 Å². The largest absolute Gasteiger partial charge is 0.449 e. The Kier molecular flexibility index (Phi) is 11.3. The van der Waals surface area contributed by atoms with E-state index in [4.69, 9.17) is 14.2 Å². The topological polar surface area (TPSA) is 44.8 Å². The molecule has 0 aliphatic rings. The van der Waals surface area contributed by atoms with E-state index in [1.54, 1.807) is 0 Å². The van der Waals surface area contributed by atoms with Gasteiger partial charge in [0.15, 0.2) is 6.10 Å². The fourth-order valence-electron chi connectivity index (χ4n) is 1.54. The van der Waals surface area contributed by atoms with E-state index in [2.05, 4.69) is 18.8 Å². The lowest BCUT2D eigenvalue weighted by molar-refractivity contribution is -0.144. The van der Waals surface area contributed by atoms with E-state index < -0.39 is 6.29 Å². The lowest BCUT2D eigenvalue weighted by Gasteiger charge is -2.13. The molecule has 0 radical (unpaired) electrons. The number of carbonyl (C=O) groups excluding carboxylic acids is 1. The Balaban J connectivity index is 4.44. The lowest BCUT2D eigenvalue weighted by Crippen LogP contribution is -2.18. The number of rotatable bonds is 9. The molecule has 0 aromatic heterocycles. The average molecular weight is 270 g/mol. The molecule has 0 aliphatic carbocycles. The van der Waals surface area contributed by atoms with Gasteiger partial charge in [-0.05, 0) is 32.6 Å². The lowest BCUT2D eigenvalue weighted by atomic mass is 10.1. The summed E-state index contributed by atoms with van der Waals surface area (Å²) in [7, 11) is 0. The number of esters is 1. The van der Waals surface area contributed by atoms with Crippen LogP contribution >= 0.6 is 0 Å². The van der Waals surface area contributed by atoms with Gasteiger partial charge >= 0.3 is 5.97 Å². The molecule has 0 amide bonds. The van der Waals surface area contributed by atoms with Crippen molar-refractivity contribution in [3.05, 3.63) is 0 Å². The third-order valence-corrected chi connectivity index (χ3v) is 2.38. The molecule has 110 valence electrons. The Bertz CT molecular complexity index is 284. The van der Waals surface area contributed by atoms with Crippen molar-refractivity contribution in [2.75, 3.05) is 13.2 Å². The van der Waals surface area contributed by atoms with Gasteiger partial charge in [-0.15, -0.1) is 0 Å². The van der Waals surface area contributed by atoms with E-state index in [9.17, 15) is 4.79 Å². The van der Waals surface area contributed by atoms with E-state index in [0.29, 0.717) is 13.2 Å². The first kappa shape index (κ1) is 17.9. The molecule has 1 atom stereocenters. The molecule has 19 heavy (non-hydrogen) atoms. The summed E-state index contributed by atoms with van der Waals surface area (Å²) in [5.74, 6) is 5.51. The van der Waals surface area contributed by atoms with Crippen molar-refractivity contribution >= 4 is 5.97 Å². The zero-order valence-corrected chi connectivity index (χ0v) is 12.5. The number of carbonyl (C=O) groups is 1. The molecule has 0 aromatic carbocycles. The molecule has 0 rings (SSSR count). The van der Waals surface area contributed by atoms with Crippen molar-refractivity contribution in [1.29, 1.82) is 0 Å². The molecule has 4 heteroatoms. The van der Waals surface area contributed by atoms with Crippen LogP contribution in [0.3, 0.4) is 0 Å². The Hall–Kier alpha value is -1.05. The maximum absolute atomic E-state index is 11.0. The first-order valence-corrected chi connectivity index (χ1v) is 7.05. The van der Waals surface area contributed by atoms with Crippen LogP contribution in [0, 0.1) is 11.8 Å². The highest BCUT2D eigenvalue weighted by molar-refractivity contribution is 5.66. The van der Waals surface area contributed by atoms with Crippen LogP contribution in [-0.2, 0) is 19.0 Å². The Morgan fingerprint density at radius 1 is 1.05 bits per heavy atom. The van der Waals surface area contributed by atoms with Crippen molar-refractivity contribution in [3.63, 3.8) is 0 Å². The summed E-state index contributed by atoms with van der Waals surface area (Å²) in [5.41, 5.74) is 0. The molecular formula is C15H26O4. The molecule has 0 heterocycles. The first-order chi connectivity index (χ1) is 9.13. The van der Waals surface area contributed by atoms with Crippen molar-refractivity contribution in [2.24, 2.45) is 0 Å². The van der Waals surface area contributed by atoms with Gasteiger partial charge < -0.3 is 14.2 Å². The van der Waals surface area contributed by atoms with Gasteiger partial charge in [-0.2, -0.15) is 0 Å². The maximum Gasteiger partial charge on any atom is 0.303 e. The summed E-state index contributed by atoms with van der Waals surface area (Å²) in [5, 5.41) is 0. The zero-order valence-electron chi connectivity index (χ0n) is 12.5. The van der Waals surface area contributed by atoms with Crippen LogP contribution in [0.4, 0.5) is 0 Å². The van der Waals surface area contributed by atoms with Crippen LogP contribution in [-0.4, -0.2) is 31.6 Å². The predicted octanol–water partition coefficient (Wildman–Crippen LogP) is 2.90. The molecular weight excluding hydrogens is 244 g/mol. The first-order valence-electron chi connectivity index (χ1n) is 7.05. The molecule has 0 aliphatic heterocycles. The molecule has 0 N–H and O–H groups in total. The van der Waals surface area contributed by atoms with Gasteiger partial charge in [0.1, 0.15) is 0 Å². The van der Waals surface area contributed by atoms with Crippen molar-refractivity contribution in [2.45, 2.75) is 65.8 Å². The summed E-state index contributed by atoms with van der Waals surface area (Å²) in [6, 6.07) is 0. The summed E-state index contributed by atoms with van der Waals surface area (Å²) in [6.07, 6.45) is 3.08. The molecule has 0 aromatic rings. The average Bonchev–Trinajstić information content (AvgIpc) is 2.35. The summed E-state index contributed by atoms with van der Waals surface area (Å²) in [6.45, 7) is 8.38. The highest BCUT2D eigenvalue weighted by atomic mass is 16.7. The second-order valence-electron chi connectivity index (χ2n) is 4.13. The Morgan fingerprint density at radius 2 is 1.68 bits per heavy atom. The number of hydrogen-bond donors (Lipinski definition) is 0. The SMILES string of the molecule is CCCCC[C@@H](C#CC(OCC)OCC)OC(C)=O. The van der Waals surface area contributed by atoms with Crippen LogP contribution in [0.2, 0.25) is 0 Å². The molecule has 0 unspecified atom stereocenters. The van der Waals surface area contributed by atoms with E-state index in [1.807, 2.05) is 13.8 Å². The van der Waals surface area contributed by atoms with Crippen LogP contribution in [0.5, 0.6) is 0 Å². The van der Waals surface area contributed by atoms with Crippen molar-refractivity contribution in [3.8, 4) is 11.8 Å². The molecule has 0 bridgehead atoms. The molecule has 0 saturated carbocycles. The summed E-state index contributed by atoms with van der Waals surface area (Å²) < 4.78 is 15.8. The highest BCUT2D eigenvalue weighted by Gasteiger charge is 2.09. The van der Waals surface area contributed by atoms with E-state index >= 15 is 0 Å². The molecule has 0 spiro atoms. The van der Waals surface area contributed by atoms with Gasteiger partial charge in [-0.1, -0.05) is 25.7 Å². The quantitative estimate of drug-likeness (QED) is 0.280. The van der Waals surface area contributed by atoms with E-state index in [1.165, 1.54) is 6.92 Å². The van der Waals surface area contributed by atoms with Crippen molar-refractivity contribution < 1.29 is 19.0 Å². The Morgan fingerprint density at radius 3 is 2.16 bits per heavy atom. The predicted molar refractivity (Wildman–Crippen MR) is 74.5 cm³/mol. The zero-order chi connectivity index (χ0) is 14.5. The monoisotopic (exact) mass is 270 g/mol. The summed E-state index contributed by atoms with van der Waals surface area (Å²) >= 11 is 0. The summed E-state index contributed by atoms with van der Waals surface area (Å²) in [4.78, 5) is 11.0. The minimum atomic E-state index is -0.542. The second kappa shape index (κ2) is 12.0. The number of unbranched alkanes of at least 4 members (excludes halogenated alkanes) is 2. The van der Waals surface area contributed by atoms with Gasteiger partial charge in [0.2, 0.25) is 6.29 Å². The van der Waals surface area contributed by atoms with Crippen molar-refractivity contribution in [1.82, 2.24) is 0 Å². The van der Waals surface area contributed by atoms with Gasteiger partial charge in [0.05, 0.1) is 0 Å². The van der Waals surface area contributed by atoms with Crippen LogP contribution in [0.1, 0.15) is 53.4 Å². The van der Waals surface area contributed by atoms with Gasteiger partial charge in [0, 0.05) is 20.1 Å². The van der Waals surface area contributed by atoms with Crippen LogP contribution in [0.25, 0.3) is 0 Å². The molecule has 0 fully saturated rings. The van der Waals surface area contributed by atoms with Gasteiger partial charge in [-0.25, -0.2) is 0 Å². The van der Waals surface area contributed by atoms with Crippen LogP contribution in [0.15, 0.2) is 0 Å². The number of hydrogen-bond acceptors (Lipinski definition) is 4. The normalized spacial score (nSPS) is 11.8. The smallest absolute Gasteiger partial charge is 0.303 e. The van der Waals surface area contributed by atoms with Gasteiger partial charge in [0.25, 0.3) is 0 Å². The Labute approximate surface area is 116 Å². The minimum absolute atomic E-state index is 0.305. The van der Waals surface area contributed by atoms with Crippen LogP contribution < -0.4 is 0 Å². The highest BCUT2D eigenvalue weighted by Crippen LogP contribution is 2.07. The molecule has 0 saturated heterocycles. The van der Waals surface area contributed by atoms with E-state index in [0.717, 1.165) is 25.7 Å². The second-order valence-corrected chi connectivity index (χ2v) is 4.13. The number of ether oxygens (including phenoxy) is 3. The third kappa shape index (κ3) is 10.5.